The fourth-order valence-corrected chi connectivity index (χ4v) is 2.61. The van der Waals surface area contributed by atoms with E-state index in [9.17, 15) is 4.79 Å². The molecule has 0 aromatic heterocycles. The van der Waals surface area contributed by atoms with E-state index in [4.69, 9.17) is 10.5 Å². The third-order valence-corrected chi connectivity index (χ3v) is 3.66. The third kappa shape index (κ3) is 3.19. The number of rotatable bonds is 3. The predicted molar refractivity (Wildman–Crippen MR) is 61.9 cm³/mol. The smallest absolute Gasteiger partial charge is 0.223 e. The molecule has 1 saturated heterocycles. The Morgan fingerprint density at radius 2 is 2.25 bits per heavy atom. The standard InChI is InChI=1S/C12H22N2O2/c13-11-4-3-10(6-11)12(15)14-7-9-2-1-5-16-8-9/h9-11H,1-8,13H2,(H,14,15). The van der Waals surface area contributed by atoms with Gasteiger partial charge in [0.1, 0.15) is 0 Å². The van der Waals surface area contributed by atoms with E-state index in [1.807, 2.05) is 0 Å². The molecule has 2 aliphatic rings. The van der Waals surface area contributed by atoms with Gasteiger partial charge in [0.25, 0.3) is 0 Å². The van der Waals surface area contributed by atoms with Crippen molar-refractivity contribution in [3.63, 3.8) is 0 Å². The van der Waals surface area contributed by atoms with Gasteiger partial charge in [-0.25, -0.2) is 0 Å². The highest BCUT2D eigenvalue weighted by atomic mass is 16.5. The number of hydrogen-bond donors (Lipinski definition) is 2. The first-order valence-electron chi connectivity index (χ1n) is 6.36. The molecular formula is C12H22N2O2. The van der Waals surface area contributed by atoms with Gasteiger partial charge in [-0.15, -0.1) is 0 Å². The van der Waals surface area contributed by atoms with Crippen LogP contribution in [0.4, 0.5) is 0 Å². The summed E-state index contributed by atoms with van der Waals surface area (Å²) in [4.78, 5) is 11.8. The Kier molecular flexibility index (Phi) is 4.18. The number of amides is 1. The summed E-state index contributed by atoms with van der Waals surface area (Å²) in [7, 11) is 0. The van der Waals surface area contributed by atoms with Gasteiger partial charge in [-0.05, 0) is 38.0 Å². The van der Waals surface area contributed by atoms with Crippen molar-refractivity contribution < 1.29 is 9.53 Å². The number of nitrogens with one attached hydrogen (secondary N) is 1. The lowest BCUT2D eigenvalue weighted by Crippen LogP contribution is -2.36. The summed E-state index contributed by atoms with van der Waals surface area (Å²) < 4.78 is 5.39. The molecule has 0 aromatic rings. The van der Waals surface area contributed by atoms with E-state index in [-0.39, 0.29) is 17.9 Å². The molecule has 92 valence electrons. The summed E-state index contributed by atoms with van der Waals surface area (Å²) in [6, 6.07) is 0.230. The molecule has 0 spiro atoms. The Bertz CT molecular complexity index is 239. The average molecular weight is 226 g/mol. The minimum Gasteiger partial charge on any atom is -0.381 e. The quantitative estimate of drug-likeness (QED) is 0.743. The maximum absolute atomic E-state index is 11.8. The molecular weight excluding hydrogens is 204 g/mol. The number of ether oxygens (including phenoxy) is 1. The zero-order chi connectivity index (χ0) is 11.4. The van der Waals surface area contributed by atoms with Crippen LogP contribution in [0, 0.1) is 11.8 Å². The van der Waals surface area contributed by atoms with Crippen LogP contribution < -0.4 is 11.1 Å². The van der Waals surface area contributed by atoms with Crippen molar-refractivity contribution in [1.82, 2.24) is 5.32 Å². The van der Waals surface area contributed by atoms with E-state index in [0.29, 0.717) is 5.92 Å². The van der Waals surface area contributed by atoms with Crippen molar-refractivity contribution in [2.75, 3.05) is 19.8 Å². The second kappa shape index (κ2) is 5.64. The van der Waals surface area contributed by atoms with E-state index < -0.39 is 0 Å². The maximum atomic E-state index is 11.8. The molecule has 1 saturated carbocycles. The topological polar surface area (TPSA) is 64.4 Å². The van der Waals surface area contributed by atoms with Crippen LogP contribution in [-0.4, -0.2) is 31.7 Å². The van der Waals surface area contributed by atoms with Crippen molar-refractivity contribution >= 4 is 5.91 Å². The number of hydrogen-bond acceptors (Lipinski definition) is 3. The fraction of sp³-hybridized carbons (Fsp3) is 0.917. The predicted octanol–water partition coefficient (Wildman–Crippen LogP) is 0.657. The lowest BCUT2D eigenvalue weighted by molar-refractivity contribution is -0.125. The van der Waals surface area contributed by atoms with Crippen molar-refractivity contribution in [3.05, 3.63) is 0 Å². The zero-order valence-corrected chi connectivity index (χ0v) is 9.78. The SMILES string of the molecule is NC1CCC(C(=O)NCC2CCCOC2)C1. The van der Waals surface area contributed by atoms with E-state index >= 15 is 0 Å². The summed E-state index contributed by atoms with van der Waals surface area (Å²) in [6.45, 7) is 2.44. The minimum absolute atomic E-state index is 0.152. The van der Waals surface area contributed by atoms with Crippen LogP contribution in [0.25, 0.3) is 0 Å². The first-order valence-corrected chi connectivity index (χ1v) is 6.36. The molecule has 2 rings (SSSR count). The normalized spacial score (nSPS) is 34.9. The molecule has 2 fully saturated rings. The summed E-state index contributed by atoms with van der Waals surface area (Å²) in [5.74, 6) is 0.853. The molecule has 4 heteroatoms. The molecule has 1 heterocycles. The molecule has 3 atom stereocenters. The fourth-order valence-electron chi connectivity index (χ4n) is 2.61. The van der Waals surface area contributed by atoms with Crippen LogP contribution in [0.5, 0.6) is 0 Å². The number of carbonyl (C=O) groups excluding carboxylic acids is 1. The van der Waals surface area contributed by atoms with E-state index in [1.165, 1.54) is 6.42 Å². The Labute approximate surface area is 96.9 Å². The Balaban J connectivity index is 1.67. The number of carbonyl (C=O) groups is 1. The van der Waals surface area contributed by atoms with Crippen LogP contribution in [0.1, 0.15) is 32.1 Å². The van der Waals surface area contributed by atoms with Crippen LogP contribution in [0.15, 0.2) is 0 Å². The highest BCUT2D eigenvalue weighted by Gasteiger charge is 2.28. The Morgan fingerprint density at radius 3 is 2.88 bits per heavy atom. The van der Waals surface area contributed by atoms with Gasteiger partial charge in [-0.1, -0.05) is 0 Å². The molecule has 1 aliphatic heterocycles. The van der Waals surface area contributed by atoms with Gasteiger partial charge in [0.05, 0.1) is 6.61 Å². The molecule has 3 N–H and O–H groups in total. The zero-order valence-electron chi connectivity index (χ0n) is 9.78. The van der Waals surface area contributed by atoms with E-state index in [1.54, 1.807) is 0 Å². The molecule has 1 amide bonds. The van der Waals surface area contributed by atoms with Crippen molar-refractivity contribution in [1.29, 1.82) is 0 Å². The van der Waals surface area contributed by atoms with Crippen LogP contribution in [0.2, 0.25) is 0 Å². The monoisotopic (exact) mass is 226 g/mol. The summed E-state index contributed by atoms with van der Waals surface area (Å²) in [6.07, 6.45) is 5.09. The van der Waals surface area contributed by atoms with Crippen LogP contribution >= 0.6 is 0 Å². The van der Waals surface area contributed by atoms with Gasteiger partial charge in [-0.3, -0.25) is 4.79 Å². The lowest BCUT2D eigenvalue weighted by atomic mass is 10.0. The van der Waals surface area contributed by atoms with Crippen molar-refractivity contribution in [3.8, 4) is 0 Å². The van der Waals surface area contributed by atoms with Gasteiger partial charge in [0, 0.05) is 25.1 Å². The van der Waals surface area contributed by atoms with Crippen molar-refractivity contribution in [2.45, 2.75) is 38.1 Å². The van der Waals surface area contributed by atoms with Gasteiger partial charge < -0.3 is 15.8 Å². The molecule has 3 unspecified atom stereocenters. The van der Waals surface area contributed by atoms with Crippen LogP contribution in [0.3, 0.4) is 0 Å². The molecule has 0 aromatic carbocycles. The number of nitrogens with two attached hydrogens (primary N) is 1. The molecule has 0 radical (unpaired) electrons. The summed E-state index contributed by atoms with van der Waals surface area (Å²) >= 11 is 0. The Hall–Kier alpha value is -0.610. The molecule has 0 bridgehead atoms. The van der Waals surface area contributed by atoms with Gasteiger partial charge in [0.2, 0.25) is 5.91 Å². The van der Waals surface area contributed by atoms with Crippen LogP contribution in [-0.2, 0) is 9.53 Å². The molecule has 16 heavy (non-hydrogen) atoms. The Morgan fingerprint density at radius 1 is 1.38 bits per heavy atom. The first kappa shape index (κ1) is 11.9. The largest absolute Gasteiger partial charge is 0.381 e. The second-order valence-corrected chi connectivity index (χ2v) is 5.10. The summed E-state index contributed by atoms with van der Waals surface area (Å²) in [5.41, 5.74) is 5.80. The van der Waals surface area contributed by atoms with Gasteiger partial charge in [0.15, 0.2) is 0 Å². The van der Waals surface area contributed by atoms with Gasteiger partial charge >= 0.3 is 0 Å². The first-order chi connectivity index (χ1) is 7.75. The van der Waals surface area contributed by atoms with Gasteiger partial charge in [-0.2, -0.15) is 0 Å². The maximum Gasteiger partial charge on any atom is 0.223 e. The lowest BCUT2D eigenvalue weighted by Gasteiger charge is -2.23. The third-order valence-electron chi connectivity index (χ3n) is 3.66. The average Bonchev–Trinajstić information content (AvgIpc) is 2.74. The van der Waals surface area contributed by atoms with Crippen molar-refractivity contribution in [2.24, 2.45) is 17.6 Å². The molecule has 4 nitrogen and oxygen atoms in total. The molecule has 1 aliphatic carbocycles. The highest BCUT2D eigenvalue weighted by Crippen LogP contribution is 2.24. The van der Waals surface area contributed by atoms with E-state index in [2.05, 4.69) is 5.32 Å². The summed E-state index contributed by atoms with van der Waals surface area (Å²) in [5, 5.41) is 3.04. The second-order valence-electron chi connectivity index (χ2n) is 5.10. The highest BCUT2D eigenvalue weighted by molar-refractivity contribution is 5.78. The van der Waals surface area contributed by atoms with E-state index in [0.717, 1.165) is 45.4 Å². The minimum atomic E-state index is 0.152.